The third-order valence-corrected chi connectivity index (χ3v) is 16.9. The number of ether oxygens (including phenoxy) is 9. The lowest BCUT2D eigenvalue weighted by atomic mass is 9.43. The highest BCUT2D eigenvalue weighted by Gasteiger charge is 2.68. The first kappa shape index (κ1) is 47.6. The molecule has 4 aliphatic heterocycles. The van der Waals surface area contributed by atoms with Crippen molar-refractivity contribution < 1.29 is 82.2 Å². The van der Waals surface area contributed by atoms with Crippen LogP contribution in [0.2, 0.25) is 0 Å². The number of nitrogens with zero attached hydrogens (tertiary/aromatic N) is 2. The highest BCUT2D eigenvalue weighted by atomic mass is 16.7. The van der Waals surface area contributed by atoms with Crippen molar-refractivity contribution in [3.63, 3.8) is 0 Å². The second-order valence-corrected chi connectivity index (χ2v) is 20.3. The highest BCUT2D eigenvalue weighted by Crippen LogP contribution is 2.70. The Hall–Kier alpha value is -2.87. The Morgan fingerprint density at radius 1 is 0.797 bits per heavy atom. The van der Waals surface area contributed by atoms with E-state index in [9.17, 15) is 40.3 Å². The Kier molecular flexibility index (Phi) is 13.9. The van der Waals surface area contributed by atoms with Gasteiger partial charge in [-0.25, -0.2) is 14.4 Å². The standard InChI is InChI=1S/C46H68N2O16/c1-7-56-42(53)38(48-47)43(54)62-33-20-37(58-22(2)39(33)52)64-41-24(4)60-36(19-32(41)50)63-40-23(3)59-35(18-31(40)49)61-27-10-13-44(5)26(17-27)8-9-30-29(44)11-14-45(6)28(12-15-46(30,45)55)25-16-34(51)57-21-25/h16,22-24,26-33,35-37,39-41,49-50,52,55H,7-15,17-21H2,1-6H3. The van der Waals surface area contributed by atoms with E-state index in [-0.39, 0.29) is 60.6 Å². The van der Waals surface area contributed by atoms with Crippen LogP contribution in [-0.2, 0) is 57.0 Å². The van der Waals surface area contributed by atoms with Gasteiger partial charge in [0.25, 0.3) is 0 Å². The van der Waals surface area contributed by atoms with Gasteiger partial charge < -0.3 is 68.6 Å². The first-order valence-electron chi connectivity index (χ1n) is 23.6. The molecule has 7 fully saturated rings. The minimum Gasteiger partial charge on any atom is -0.458 e. The van der Waals surface area contributed by atoms with E-state index >= 15 is 0 Å². The molecule has 0 spiro atoms. The van der Waals surface area contributed by atoms with Crippen LogP contribution in [0.1, 0.15) is 119 Å². The molecule has 8 rings (SSSR count). The number of aliphatic hydroxyl groups is 4. The molecule has 0 amide bonds. The number of aliphatic hydroxyl groups excluding tert-OH is 3. The first-order valence-corrected chi connectivity index (χ1v) is 23.6. The van der Waals surface area contributed by atoms with E-state index in [4.69, 9.17) is 42.6 Å². The maximum Gasteiger partial charge on any atom is 0.482 e. The number of cyclic esters (lactones) is 1. The van der Waals surface area contributed by atoms with Crippen molar-refractivity contribution in [2.45, 2.75) is 204 Å². The summed E-state index contributed by atoms with van der Waals surface area (Å²) in [4.78, 5) is 39.3. The molecule has 0 radical (unpaired) electrons. The SMILES string of the molecule is CCOC(=O)C(=[N+]=[N-])C(=O)OC1CC(OC2C(O)CC(OC3C(O)CC(OC4CCC5(C)C(CCC6C5CCC5(C)C(C7=CC(=O)OC7)CCC65O)C4)OC3C)OC2C)OC(C)C1O. The van der Waals surface area contributed by atoms with Gasteiger partial charge in [-0.15, -0.1) is 0 Å². The molecule has 18 heteroatoms. The van der Waals surface area contributed by atoms with E-state index in [1.165, 1.54) is 6.92 Å². The number of carbonyl (C=O) groups excluding carboxylic acids is 3. The molecule has 64 heavy (non-hydrogen) atoms. The van der Waals surface area contributed by atoms with Gasteiger partial charge >= 0.3 is 23.6 Å². The normalized spacial score (nSPS) is 47.8. The number of fused-ring (bicyclic) bond motifs is 5. The Morgan fingerprint density at radius 2 is 1.44 bits per heavy atom. The Bertz CT molecular complexity index is 1820. The number of hydrogen-bond acceptors (Lipinski definition) is 16. The van der Waals surface area contributed by atoms with Gasteiger partial charge in [-0.2, -0.15) is 4.79 Å². The number of carbonyl (C=O) groups is 3. The summed E-state index contributed by atoms with van der Waals surface area (Å²) < 4.78 is 52.5. The second-order valence-electron chi connectivity index (χ2n) is 20.3. The third kappa shape index (κ3) is 8.75. The van der Waals surface area contributed by atoms with Crippen LogP contribution in [0.3, 0.4) is 0 Å². The zero-order valence-corrected chi connectivity index (χ0v) is 37.9. The lowest BCUT2D eigenvalue weighted by Gasteiger charge is -2.64. The minimum absolute atomic E-state index is 0.000584. The maximum atomic E-state index is 12.6. The molecule has 4 heterocycles. The fourth-order valence-electron chi connectivity index (χ4n) is 13.4. The predicted octanol–water partition coefficient (Wildman–Crippen LogP) is 3.03. The van der Waals surface area contributed by atoms with Crippen LogP contribution in [0.25, 0.3) is 5.53 Å². The lowest BCUT2D eigenvalue weighted by molar-refractivity contribution is -0.336. The number of hydrogen-bond donors (Lipinski definition) is 4. The van der Waals surface area contributed by atoms with E-state index in [1.807, 2.05) is 6.92 Å². The molecular formula is C46H68N2O16. The van der Waals surface area contributed by atoms with Crippen molar-refractivity contribution in [2.75, 3.05) is 13.2 Å². The minimum atomic E-state index is -1.30. The summed E-state index contributed by atoms with van der Waals surface area (Å²) in [5.41, 5.74) is 8.32. The largest absolute Gasteiger partial charge is 0.482 e. The molecule has 18 nitrogen and oxygen atoms in total. The van der Waals surface area contributed by atoms with Crippen molar-refractivity contribution in [1.82, 2.24) is 0 Å². The predicted molar refractivity (Wildman–Crippen MR) is 220 cm³/mol. The molecule has 0 aromatic heterocycles. The van der Waals surface area contributed by atoms with Crippen molar-refractivity contribution in [2.24, 2.45) is 34.5 Å². The summed E-state index contributed by atoms with van der Waals surface area (Å²) in [6, 6.07) is 0. The van der Waals surface area contributed by atoms with Gasteiger partial charge in [-0.3, -0.25) is 0 Å². The van der Waals surface area contributed by atoms with Crippen LogP contribution in [0.15, 0.2) is 11.6 Å². The van der Waals surface area contributed by atoms with Gasteiger partial charge in [-0.05, 0) is 120 Å². The Balaban J connectivity index is 0.806. The van der Waals surface area contributed by atoms with Gasteiger partial charge in [0.2, 0.25) is 0 Å². The molecular weight excluding hydrogens is 837 g/mol. The van der Waals surface area contributed by atoms with E-state index in [2.05, 4.69) is 18.6 Å². The molecule has 0 aromatic carbocycles. The van der Waals surface area contributed by atoms with Crippen LogP contribution in [0.5, 0.6) is 0 Å². The zero-order chi connectivity index (χ0) is 45.9. The van der Waals surface area contributed by atoms with Gasteiger partial charge in [0.15, 0.2) is 18.9 Å². The molecule has 0 aromatic rings. The molecule has 358 valence electrons. The smallest absolute Gasteiger partial charge is 0.458 e. The van der Waals surface area contributed by atoms with E-state index in [0.717, 1.165) is 63.4 Å². The fraction of sp³-hybridized carbons (Fsp3) is 0.870. The Labute approximate surface area is 374 Å². The van der Waals surface area contributed by atoms with Crippen molar-refractivity contribution in [3.05, 3.63) is 17.2 Å². The van der Waals surface area contributed by atoms with Crippen molar-refractivity contribution >= 4 is 23.6 Å². The fourth-order valence-corrected chi connectivity index (χ4v) is 13.4. The molecule has 4 aliphatic carbocycles. The maximum absolute atomic E-state index is 12.6. The van der Waals surface area contributed by atoms with E-state index in [0.29, 0.717) is 18.4 Å². The number of rotatable bonds is 11. The Morgan fingerprint density at radius 3 is 2.05 bits per heavy atom. The molecule has 0 bridgehead atoms. The average molecular weight is 905 g/mol. The van der Waals surface area contributed by atoms with Gasteiger partial charge in [0, 0.05) is 30.8 Å². The quantitative estimate of drug-likeness (QED) is 0.0442. The second kappa shape index (κ2) is 18.7. The van der Waals surface area contributed by atoms with Crippen LogP contribution < -0.4 is 0 Å². The summed E-state index contributed by atoms with van der Waals surface area (Å²) in [6.07, 6.45) is -0.856. The van der Waals surface area contributed by atoms with E-state index < -0.39 is 97.1 Å². The summed E-state index contributed by atoms with van der Waals surface area (Å²) in [5.74, 6) is -1.49. The highest BCUT2D eigenvalue weighted by molar-refractivity contribution is 6.60. The summed E-state index contributed by atoms with van der Waals surface area (Å²) >= 11 is 0. The van der Waals surface area contributed by atoms with Crippen molar-refractivity contribution in [3.8, 4) is 0 Å². The molecule has 8 aliphatic rings. The molecule has 4 saturated carbocycles. The van der Waals surface area contributed by atoms with Crippen LogP contribution in [0, 0.1) is 34.5 Å². The molecule has 20 unspecified atom stereocenters. The lowest BCUT2D eigenvalue weighted by Crippen LogP contribution is -2.62. The third-order valence-electron chi connectivity index (χ3n) is 16.9. The van der Waals surface area contributed by atoms with Crippen LogP contribution >= 0.6 is 0 Å². The van der Waals surface area contributed by atoms with Gasteiger partial charge in [0.05, 0.1) is 48.8 Å². The topological polar surface area (TPSA) is 252 Å². The zero-order valence-electron chi connectivity index (χ0n) is 37.9. The van der Waals surface area contributed by atoms with E-state index in [1.54, 1.807) is 19.9 Å². The molecule has 20 atom stereocenters. The number of esters is 3. The monoisotopic (exact) mass is 904 g/mol. The molecule has 4 N–H and O–H groups in total. The van der Waals surface area contributed by atoms with Crippen LogP contribution in [-0.4, -0.2) is 148 Å². The average Bonchev–Trinajstić information content (AvgIpc) is 3.79. The summed E-state index contributed by atoms with van der Waals surface area (Å²) in [5, 5.41) is 45.9. The molecule has 3 saturated heterocycles. The van der Waals surface area contributed by atoms with Gasteiger partial charge in [0.1, 0.15) is 31.0 Å². The summed E-state index contributed by atoms with van der Waals surface area (Å²) in [7, 11) is 0. The van der Waals surface area contributed by atoms with Crippen LogP contribution in [0.4, 0.5) is 0 Å². The first-order chi connectivity index (χ1) is 30.4. The van der Waals surface area contributed by atoms with Gasteiger partial charge in [-0.1, -0.05) is 13.8 Å². The summed E-state index contributed by atoms with van der Waals surface area (Å²) in [6.45, 7) is 11.5. The van der Waals surface area contributed by atoms with Crippen molar-refractivity contribution in [1.29, 1.82) is 0 Å².